The number of hydrogen-bond acceptors (Lipinski definition) is 4. The second-order valence-electron chi connectivity index (χ2n) is 5.49. The van der Waals surface area contributed by atoms with Crippen LogP contribution in [0.15, 0.2) is 47.4 Å². The fraction of sp³-hybridized carbons (Fsp3) is 0.235. The molecule has 1 amide bonds. The smallest absolute Gasteiger partial charge is 0.245 e. The lowest BCUT2D eigenvalue weighted by molar-refractivity contribution is -0.117. The molecule has 0 spiro atoms. The molecule has 2 N–H and O–H groups in total. The van der Waals surface area contributed by atoms with Crippen LogP contribution in [0.2, 0.25) is 5.02 Å². The molecule has 0 aliphatic carbocycles. The van der Waals surface area contributed by atoms with Crippen LogP contribution < -0.4 is 14.8 Å². The number of anilines is 1. The van der Waals surface area contributed by atoms with E-state index in [9.17, 15) is 13.2 Å². The largest absolute Gasteiger partial charge is 0.495 e. The van der Waals surface area contributed by atoms with Gasteiger partial charge in [0, 0.05) is 10.7 Å². The fourth-order valence-electron chi connectivity index (χ4n) is 2.10. The Morgan fingerprint density at radius 3 is 2.40 bits per heavy atom. The van der Waals surface area contributed by atoms with E-state index >= 15 is 0 Å². The first-order valence-corrected chi connectivity index (χ1v) is 9.32. The van der Waals surface area contributed by atoms with Gasteiger partial charge in [0.2, 0.25) is 15.9 Å². The third kappa shape index (κ3) is 4.94. The van der Waals surface area contributed by atoms with Gasteiger partial charge >= 0.3 is 0 Å². The highest BCUT2D eigenvalue weighted by molar-refractivity contribution is 7.89. The van der Waals surface area contributed by atoms with Crippen molar-refractivity contribution in [2.45, 2.75) is 24.8 Å². The molecule has 0 fully saturated rings. The number of nitrogens with one attached hydrogen (secondary N) is 2. The van der Waals surface area contributed by atoms with E-state index < -0.39 is 22.0 Å². The third-order valence-corrected chi connectivity index (χ3v) is 5.26. The summed E-state index contributed by atoms with van der Waals surface area (Å²) in [5, 5.41) is 2.91. The highest BCUT2D eigenvalue weighted by Gasteiger charge is 2.25. The molecule has 0 aliphatic rings. The average Bonchev–Trinajstić information content (AvgIpc) is 2.56. The van der Waals surface area contributed by atoms with Crippen molar-refractivity contribution in [2.24, 2.45) is 0 Å². The van der Waals surface area contributed by atoms with Crippen molar-refractivity contribution < 1.29 is 17.9 Å². The molecule has 25 heavy (non-hydrogen) atoms. The van der Waals surface area contributed by atoms with Gasteiger partial charge in [0.15, 0.2) is 0 Å². The Kier molecular flexibility index (Phi) is 6.05. The molecule has 0 heterocycles. The Bertz CT molecular complexity index is 867. The average molecular weight is 383 g/mol. The number of aryl methyl sites for hydroxylation is 1. The SMILES string of the molecule is COc1ccc(Cl)cc1S(=O)(=O)N[C@@H](C)C(=O)Nc1ccc(C)cc1. The minimum atomic E-state index is -3.99. The predicted molar refractivity (Wildman–Crippen MR) is 97.6 cm³/mol. The molecule has 2 aromatic carbocycles. The van der Waals surface area contributed by atoms with E-state index in [0.29, 0.717) is 5.69 Å². The van der Waals surface area contributed by atoms with Gasteiger partial charge in [-0.1, -0.05) is 29.3 Å². The highest BCUT2D eigenvalue weighted by atomic mass is 35.5. The summed E-state index contributed by atoms with van der Waals surface area (Å²) in [6.45, 7) is 3.39. The molecular formula is C17H19ClN2O4S. The van der Waals surface area contributed by atoms with Crippen LogP contribution in [0.4, 0.5) is 5.69 Å². The van der Waals surface area contributed by atoms with Crippen molar-refractivity contribution in [2.75, 3.05) is 12.4 Å². The number of carbonyl (C=O) groups is 1. The van der Waals surface area contributed by atoms with Crippen molar-refractivity contribution >= 4 is 33.2 Å². The number of ether oxygens (including phenoxy) is 1. The zero-order valence-electron chi connectivity index (χ0n) is 14.0. The molecule has 2 aromatic rings. The molecule has 0 aromatic heterocycles. The van der Waals surface area contributed by atoms with Crippen molar-refractivity contribution in [3.05, 3.63) is 53.1 Å². The lowest BCUT2D eigenvalue weighted by Gasteiger charge is -2.16. The lowest BCUT2D eigenvalue weighted by Crippen LogP contribution is -2.41. The number of rotatable bonds is 6. The molecule has 134 valence electrons. The first-order valence-electron chi connectivity index (χ1n) is 7.46. The summed E-state index contributed by atoms with van der Waals surface area (Å²) in [7, 11) is -2.63. The van der Waals surface area contributed by atoms with Gasteiger partial charge in [0.25, 0.3) is 0 Å². The first kappa shape index (κ1) is 19.2. The zero-order chi connectivity index (χ0) is 18.6. The molecular weight excluding hydrogens is 364 g/mol. The van der Waals surface area contributed by atoms with Gasteiger partial charge in [0.1, 0.15) is 10.6 Å². The Balaban J connectivity index is 2.15. The summed E-state index contributed by atoms with van der Waals surface area (Å²) in [4.78, 5) is 12.1. The van der Waals surface area contributed by atoms with Crippen molar-refractivity contribution in [3.8, 4) is 5.75 Å². The molecule has 0 unspecified atom stereocenters. The van der Waals surface area contributed by atoms with Gasteiger partial charge in [-0.15, -0.1) is 0 Å². The number of halogens is 1. The van der Waals surface area contributed by atoms with Crippen LogP contribution in [-0.2, 0) is 14.8 Å². The minimum absolute atomic E-state index is 0.127. The first-order chi connectivity index (χ1) is 11.7. The van der Waals surface area contributed by atoms with Crippen LogP contribution >= 0.6 is 11.6 Å². The van der Waals surface area contributed by atoms with Crippen LogP contribution in [0.1, 0.15) is 12.5 Å². The van der Waals surface area contributed by atoms with E-state index in [1.54, 1.807) is 12.1 Å². The van der Waals surface area contributed by atoms with Crippen molar-refractivity contribution in [3.63, 3.8) is 0 Å². The van der Waals surface area contributed by atoms with Crippen LogP contribution in [0.25, 0.3) is 0 Å². The monoisotopic (exact) mass is 382 g/mol. The highest BCUT2D eigenvalue weighted by Crippen LogP contribution is 2.27. The quantitative estimate of drug-likeness (QED) is 0.804. The normalized spacial score (nSPS) is 12.5. The third-order valence-electron chi connectivity index (χ3n) is 3.46. The van der Waals surface area contributed by atoms with E-state index in [-0.39, 0.29) is 15.7 Å². The number of benzene rings is 2. The second-order valence-corrected chi connectivity index (χ2v) is 7.61. The van der Waals surface area contributed by atoms with Gasteiger partial charge in [-0.2, -0.15) is 4.72 Å². The van der Waals surface area contributed by atoms with Crippen LogP contribution in [0, 0.1) is 6.92 Å². The summed E-state index contributed by atoms with van der Waals surface area (Å²) < 4.78 is 32.5. The maximum atomic E-state index is 12.5. The van der Waals surface area contributed by atoms with E-state index in [1.165, 1.54) is 32.2 Å². The molecule has 2 rings (SSSR count). The number of carbonyl (C=O) groups excluding carboxylic acids is 1. The molecule has 0 bridgehead atoms. The van der Waals surface area contributed by atoms with Gasteiger partial charge in [0.05, 0.1) is 13.2 Å². The Morgan fingerprint density at radius 2 is 1.80 bits per heavy atom. The van der Waals surface area contributed by atoms with Gasteiger partial charge in [-0.3, -0.25) is 4.79 Å². The summed E-state index contributed by atoms with van der Waals surface area (Å²) in [6, 6.07) is 10.4. The molecule has 6 nitrogen and oxygen atoms in total. The second kappa shape index (κ2) is 7.86. The Labute approximate surface area is 152 Å². The Morgan fingerprint density at radius 1 is 1.16 bits per heavy atom. The molecule has 0 radical (unpaired) electrons. The van der Waals surface area contributed by atoms with Crippen LogP contribution in [0.5, 0.6) is 5.75 Å². The molecule has 8 heteroatoms. The molecule has 1 atom stereocenters. The van der Waals surface area contributed by atoms with E-state index in [0.717, 1.165) is 5.56 Å². The maximum Gasteiger partial charge on any atom is 0.245 e. The number of hydrogen-bond donors (Lipinski definition) is 2. The van der Waals surface area contributed by atoms with E-state index in [2.05, 4.69) is 10.0 Å². The maximum absolute atomic E-state index is 12.5. The molecule has 0 saturated heterocycles. The summed E-state index contributed by atoms with van der Waals surface area (Å²) >= 11 is 5.87. The summed E-state index contributed by atoms with van der Waals surface area (Å²) in [5.74, 6) is -0.337. The van der Waals surface area contributed by atoms with E-state index in [4.69, 9.17) is 16.3 Å². The van der Waals surface area contributed by atoms with Gasteiger partial charge < -0.3 is 10.1 Å². The van der Waals surface area contributed by atoms with Crippen LogP contribution in [0.3, 0.4) is 0 Å². The van der Waals surface area contributed by atoms with Crippen molar-refractivity contribution in [1.29, 1.82) is 0 Å². The van der Waals surface area contributed by atoms with E-state index in [1.807, 2.05) is 19.1 Å². The standard InChI is InChI=1S/C17H19ClN2O4S/c1-11-4-7-14(8-5-11)19-17(21)12(2)20-25(22,23)16-10-13(18)6-9-15(16)24-3/h4-10,12,20H,1-3H3,(H,19,21)/t12-/m0/s1. The molecule has 0 saturated carbocycles. The van der Waals surface area contributed by atoms with Crippen LogP contribution in [-0.4, -0.2) is 27.5 Å². The lowest BCUT2D eigenvalue weighted by atomic mass is 10.2. The Hall–Kier alpha value is -2.09. The van der Waals surface area contributed by atoms with Gasteiger partial charge in [-0.05, 0) is 44.2 Å². The van der Waals surface area contributed by atoms with Crippen molar-refractivity contribution in [1.82, 2.24) is 4.72 Å². The topological polar surface area (TPSA) is 84.5 Å². The fourth-order valence-corrected chi connectivity index (χ4v) is 3.73. The number of sulfonamides is 1. The summed E-state index contributed by atoms with van der Waals surface area (Å²) in [5.41, 5.74) is 1.64. The minimum Gasteiger partial charge on any atom is -0.495 e. The zero-order valence-corrected chi connectivity index (χ0v) is 15.6. The van der Waals surface area contributed by atoms with Gasteiger partial charge in [-0.25, -0.2) is 8.42 Å². The molecule has 0 aliphatic heterocycles. The number of methoxy groups -OCH3 is 1. The summed E-state index contributed by atoms with van der Waals surface area (Å²) in [6.07, 6.45) is 0. The predicted octanol–water partition coefficient (Wildman–Crippen LogP) is 2.96. The number of amides is 1.